The summed E-state index contributed by atoms with van der Waals surface area (Å²) in [5, 5.41) is 18.5. The van der Waals surface area contributed by atoms with E-state index >= 15 is 0 Å². The Balaban J connectivity index is 1.69. The zero-order valence-electron chi connectivity index (χ0n) is 20.4. The maximum atomic E-state index is 13.4. The van der Waals surface area contributed by atoms with Crippen LogP contribution in [0.3, 0.4) is 0 Å². The molecular weight excluding hydrogens is 440 g/mol. The molecule has 0 radical (unpaired) electrons. The lowest BCUT2D eigenvalue weighted by atomic mass is 9.43. The molecule has 33 heavy (non-hydrogen) atoms. The zero-order valence-corrected chi connectivity index (χ0v) is 21.2. The molecule has 3 aliphatic carbocycles. The summed E-state index contributed by atoms with van der Waals surface area (Å²) in [6, 6.07) is 0. The Labute approximate surface area is 200 Å². The Bertz CT molecular complexity index is 924. The maximum Gasteiger partial charge on any atom is 0.316 e. The number of hydrogen-bond acceptors (Lipinski definition) is 8. The Hall–Kier alpha value is -1.61. The molecule has 1 aromatic heterocycles. The van der Waals surface area contributed by atoms with E-state index in [1.54, 1.807) is 0 Å². The van der Waals surface area contributed by atoms with Crippen LogP contribution in [0.4, 0.5) is 5.95 Å². The third-order valence-corrected chi connectivity index (χ3v) is 10.6. The molecule has 8 nitrogen and oxygen atoms in total. The highest BCUT2D eigenvalue weighted by atomic mass is 32.2. The number of nitrogens with one attached hydrogen (secondary N) is 1. The molecule has 4 N–H and O–H groups in total. The summed E-state index contributed by atoms with van der Waals surface area (Å²) in [5.41, 5.74) is 4.47. The number of nitrogens with zero attached hydrogens (tertiary/aromatic N) is 2. The molecule has 2 bridgehead atoms. The number of carbonyl (C=O) groups excluding carboxylic acids is 2. The number of aliphatic hydroxyl groups is 1. The largest absolute Gasteiger partial charge is 0.461 e. The standard InChI is InChI=1S/C24H38N4O4S/c1-6-22(4)11-16(32-17(30)12-33-21-26-20(25)27-28-21)23(5)13(2)7-9-24(14(3)19(22)31)10-8-15(29)18(23)24/h13-14,16,18-19,31H,6-12H2,1-5H3,(H3,25,26,27,28)/t13?,14-,16+,18-,19+,22+,23-,24-/m0/s1. The van der Waals surface area contributed by atoms with E-state index in [1.165, 1.54) is 11.8 Å². The van der Waals surface area contributed by atoms with E-state index in [9.17, 15) is 14.7 Å². The Morgan fingerprint density at radius 1 is 1.33 bits per heavy atom. The van der Waals surface area contributed by atoms with E-state index < -0.39 is 23.0 Å². The molecule has 1 aromatic rings. The number of H-pyrrole nitrogens is 1. The Kier molecular flexibility index (Phi) is 6.36. The number of aromatic amines is 1. The van der Waals surface area contributed by atoms with Gasteiger partial charge in [-0.2, -0.15) is 4.98 Å². The van der Waals surface area contributed by atoms with E-state index in [-0.39, 0.29) is 46.6 Å². The van der Waals surface area contributed by atoms with Crippen LogP contribution >= 0.6 is 11.8 Å². The van der Waals surface area contributed by atoms with Crippen molar-refractivity contribution < 1.29 is 19.4 Å². The summed E-state index contributed by atoms with van der Waals surface area (Å²) in [5.74, 6) is 0.239. The predicted octanol–water partition coefficient (Wildman–Crippen LogP) is 3.61. The van der Waals surface area contributed by atoms with Gasteiger partial charge in [0.1, 0.15) is 11.9 Å². The lowest BCUT2D eigenvalue weighted by Gasteiger charge is -2.62. The number of nitrogen functional groups attached to an aromatic ring is 1. The first-order chi connectivity index (χ1) is 15.5. The molecular formula is C24H38N4O4S. The predicted molar refractivity (Wildman–Crippen MR) is 126 cm³/mol. The number of rotatable bonds is 5. The molecule has 3 fully saturated rings. The molecule has 0 aromatic carbocycles. The average Bonchev–Trinajstić information content (AvgIpc) is 3.36. The van der Waals surface area contributed by atoms with Crippen molar-refractivity contribution in [1.29, 1.82) is 0 Å². The summed E-state index contributed by atoms with van der Waals surface area (Å²) >= 11 is 1.17. The van der Waals surface area contributed by atoms with E-state index in [0.717, 1.165) is 25.7 Å². The molecule has 1 heterocycles. The SMILES string of the molecule is CC[C@]1(C)C[C@@H](OC(=O)CSc2n[nH]c(N)n2)[C@]2(C)C(C)CC[C@]3(CCC(=O)[C@H]32)[C@@H](C)[C@H]1O. The first-order valence-corrected chi connectivity index (χ1v) is 13.2. The van der Waals surface area contributed by atoms with Gasteiger partial charge in [0.05, 0.1) is 11.9 Å². The summed E-state index contributed by atoms with van der Waals surface area (Å²) in [6.07, 6.45) is 3.60. The number of esters is 1. The van der Waals surface area contributed by atoms with Crippen LogP contribution in [-0.2, 0) is 14.3 Å². The number of ketones is 1. The molecule has 0 aliphatic heterocycles. The van der Waals surface area contributed by atoms with Gasteiger partial charge in [0.15, 0.2) is 0 Å². The molecule has 0 spiro atoms. The van der Waals surface area contributed by atoms with Gasteiger partial charge < -0.3 is 15.6 Å². The number of ether oxygens (including phenoxy) is 1. The molecule has 8 atom stereocenters. The molecule has 3 aliphatic rings. The highest BCUT2D eigenvalue weighted by molar-refractivity contribution is 7.99. The summed E-state index contributed by atoms with van der Waals surface area (Å²) < 4.78 is 6.23. The number of hydrogen-bond donors (Lipinski definition) is 3. The topological polar surface area (TPSA) is 131 Å². The normalized spacial score (nSPS) is 43.0. The van der Waals surface area contributed by atoms with Crippen molar-refractivity contribution in [3.8, 4) is 0 Å². The Morgan fingerprint density at radius 2 is 2.06 bits per heavy atom. The molecule has 0 amide bonds. The quantitative estimate of drug-likeness (QED) is 0.432. The van der Waals surface area contributed by atoms with Crippen LogP contribution in [0.5, 0.6) is 0 Å². The first kappa shape index (κ1) is 24.5. The molecule has 184 valence electrons. The number of aliphatic hydroxyl groups excluding tert-OH is 1. The maximum absolute atomic E-state index is 13.4. The monoisotopic (exact) mass is 478 g/mol. The fraction of sp³-hybridized carbons (Fsp3) is 0.833. The van der Waals surface area contributed by atoms with Gasteiger partial charge in [-0.15, -0.1) is 5.10 Å². The number of carbonyl (C=O) groups is 2. The van der Waals surface area contributed by atoms with Crippen LogP contribution in [0.2, 0.25) is 0 Å². The minimum atomic E-state index is -0.555. The summed E-state index contributed by atoms with van der Waals surface area (Å²) in [7, 11) is 0. The van der Waals surface area contributed by atoms with E-state index in [2.05, 4.69) is 49.8 Å². The van der Waals surface area contributed by atoms with E-state index in [4.69, 9.17) is 10.5 Å². The number of aromatic nitrogens is 3. The van der Waals surface area contributed by atoms with Crippen molar-refractivity contribution in [2.75, 3.05) is 11.5 Å². The second kappa shape index (κ2) is 8.56. The fourth-order valence-corrected chi connectivity index (χ4v) is 7.93. The van der Waals surface area contributed by atoms with Gasteiger partial charge in [0.2, 0.25) is 11.1 Å². The van der Waals surface area contributed by atoms with Crippen molar-refractivity contribution in [2.45, 2.75) is 90.5 Å². The number of Topliss-reactive ketones (excluding diaryl/α,β-unsaturated/α-hetero) is 1. The van der Waals surface area contributed by atoms with Gasteiger partial charge in [-0.3, -0.25) is 9.59 Å². The zero-order chi connectivity index (χ0) is 24.2. The molecule has 0 saturated heterocycles. The van der Waals surface area contributed by atoms with Crippen molar-refractivity contribution >= 4 is 29.5 Å². The van der Waals surface area contributed by atoms with Crippen molar-refractivity contribution in [3.05, 3.63) is 0 Å². The lowest BCUT2D eigenvalue weighted by molar-refractivity contribution is -0.211. The highest BCUT2D eigenvalue weighted by Crippen LogP contribution is 2.68. The minimum Gasteiger partial charge on any atom is -0.461 e. The summed E-state index contributed by atoms with van der Waals surface area (Å²) in [4.78, 5) is 30.5. The lowest BCUT2D eigenvalue weighted by Crippen LogP contribution is -2.63. The van der Waals surface area contributed by atoms with Gasteiger partial charge in [0, 0.05) is 17.8 Å². The van der Waals surface area contributed by atoms with Crippen molar-refractivity contribution in [2.24, 2.45) is 34.0 Å². The fourth-order valence-electron chi connectivity index (χ4n) is 7.35. The van der Waals surface area contributed by atoms with Gasteiger partial charge in [0.25, 0.3) is 0 Å². The van der Waals surface area contributed by atoms with Crippen LogP contribution in [0, 0.1) is 34.0 Å². The van der Waals surface area contributed by atoms with E-state index in [1.807, 2.05) is 0 Å². The van der Waals surface area contributed by atoms with Crippen molar-refractivity contribution in [3.63, 3.8) is 0 Å². The molecule has 4 rings (SSSR count). The van der Waals surface area contributed by atoms with Gasteiger partial charge in [-0.05, 0) is 54.8 Å². The number of anilines is 1. The van der Waals surface area contributed by atoms with Crippen LogP contribution in [0.15, 0.2) is 5.16 Å². The first-order valence-electron chi connectivity index (χ1n) is 12.2. The Morgan fingerprint density at radius 3 is 2.70 bits per heavy atom. The second-order valence-electron chi connectivity index (χ2n) is 11.2. The molecule has 9 heteroatoms. The van der Waals surface area contributed by atoms with Gasteiger partial charge in [-0.1, -0.05) is 46.4 Å². The molecule has 1 unspecified atom stereocenters. The van der Waals surface area contributed by atoms with Crippen LogP contribution in [0.1, 0.15) is 73.1 Å². The second-order valence-corrected chi connectivity index (χ2v) is 12.1. The van der Waals surface area contributed by atoms with Crippen LogP contribution < -0.4 is 5.73 Å². The smallest absolute Gasteiger partial charge is 0.316 e. The van der Waals surface area contributed by atoms with Crippen LogP contribution in [0.25, 0.3) is 0 Å². The third kappa shape index (κ3) is 3.79. The molecule has 3 saturated carbocycles. The average molecular weight is 479 g/mol. The number of thioether (sulfide) groups is 1. The van der Waals surface area contributed by atoms with Crippen molar-refractivity contribution in [1.82, 2.24) is 15.2 Å². The number of nitrogens with two attached hydrogens (primary N) is 1. The summed E-state index contributed by atoms with van der Waals surface area (Å²) in [6.45, 7) is 10.7. The van der Waals surface area contributed by atoms with Gasteiger partial charge >= 0.3 is 5.97 Å². The third-order valence-electron chi connectivity index (χ3n) is 9.78. The highest BCUT2D eigenvalue weighted by Gasteiger charge is 2.68. The van der Waals surface area contributed by atoms with E-state index in [0.29, 0.717) is 18.0 Å². The minimum absolute atomic E-state index is 0.0223. The van der Waals surface area contributed by atoms with Gasteiger partial charge in [-0.25, -0.2) is 5.10 Å². The van der Waals surface area contributed by atoms with Crippen LogP contribution in [-0.4, -0.2) is 50.0 Å².